The first kappa shape index (κ1) is 25.4. The van der Waals surface area contributed by atoms with E-state index in [1.54, 1.807) is 36.4 Å². The molecule has 5 rings (SSSR count). The van der Waals surface area contributed by atoms with E-state index in [1.165, 1.54) is 50.6 Å². The van der Waals surface area contributed by atoms with Crippen LogP contribution in [0.1, 0.15) is 46.8 Å². The lowest BCUT2D eigenvalue weighted by molar-refractivity contribution is 0.0680. The smallest absolute Gasteiger partial charge is 0.274 e. The molecule has 8 heteroatoms. The van der Waals surface area contributed by atoms with E-state index in [4.69, 9.17) is 19.3 Å². The monoisotopic (exact) mass is 518 g/mol. The fraction of sp³-hybridized carbons (Fsp3) is 0.267. The summed E-state index contributed by atoms with van der Waals surface area (Å²) in [6, 6.07) is 15.3. The molecule has 2 atom stereocenters. The van der Waals surface area contributed by atoms with Crippen LogP contribution in [-0.4, -0.2) is 38.0 Å². The van der Waals surface area contributed by atoms with Gasteiger partial charge in [0.2, 0.25) is 5.75 Å². The molecular formula is C30H28F2N2O4. The molecule has 3 aromatic carbocycles. The standard InChI is InChI=1S/C30H28F2N2O4/c1-36-25-16-21(17-26(37-2)29(25)38-3)30(35)34-28(19-9-13-23(32)14-10-19)24-6-4-5-20(27(24)33-34)15-18-7-11-22(31)12-8-18/h7-17,24,28H,4-6H2,1-3H3/b20-15+/t24-,28-/m0/s1. The second-order valence-electron chi connectivity index (χ2n) is 9.27. The van der Waals surface area contributed by atoms with Crippen molar-refractivity contribution in [3.63, 3.8) is 0 Å². The molecule has 0 unspecified atom stereocenters. The SMILES string of the molecule is COc1cc(C(=O)N2N=C3/C(=C/c4ccc(F)cc4)CCC[C@@H]3[C@@H]2c2ccc(F)cc2)cc(OC)c1OC. The minimum atomic E-state index is -0.422. The lowest BCUT2D eigenvalue weighted by Crippen LogP contribution is -2.32. The summed E-state index contributed by atoms with van der Waals surface area (Å²) in [6.07, 6.45) is 4.51. The minimum Gasteiger partial charge on any atom is -0.493 e. The first-order valence-corrected chi connectivity index (χ1v) is 12.4. The van der Waals surface area contributed by atoms with Crippen molar-refractivity contribution in [1.29, 1.82) is 0 Å². The molecule has 3 aromatic rings. The highest BCUT2D eigenvalue weighted by Crippen LogP contribution is 2.46. The zero-order chi connectivity index (χ0) is 26.8. The molecule has 2 aliphatic rings. The van der Waals surface area contributed by atoms with Gasteiger partial charge in [0.15, 0.2) is 11.5 Å². The highest BCUT2D eigenvalue weighted by Gasteiger charge is 2.44. The van der Waals surface area contributed by atoms with Gasteiger partial charge >= 0.3 is 0 Å². The molecule has 1 aliphatic heterocycles. The van der Waals surface area contributed by atoms with E-state index in [-0.39, 0.29) is 23.5 Å². The Morgan fingerprint density at radius 3 is 2.11 bits per heavy atom. The molecule has 38 heavy (non-hydrogen) atoms. The van der Waals surface area contributed by atoms with E-state index in [9.17, 15) is 13.6 Å². The predicted molar refractivity (Wildman–Crippen MR) is 141 cm³/mol. The van der Waals surface area contributed by atoms with Crippen LogP contribution in [0.25, 0.3) is 6.08 Å². The van der Waals surface area contributed by atoms with E-state index < -0.39 is 6.04 Å². The van der Waals surface area contributed by atoms with Crippen LogP contribution in [0.2, 0.25) is 0 Å². The Balaban J connectivity index is 1.60. The van der Waals surface area contributed by atoms with Crippen LogP contribution in [0.3, 0.4) is 0 Å². The number of hydrazone groups is 1. The maximum Gasteiger partial charge on any atom is 0.274 e. The summed E-state index contributed by atoms with van der Waals surface area (Å²) in [5.74, 6) is 0.0201. The van der Waals surface area contributed by atoms with E-state index in [0.29, 0.717) is 22.8 Å². The highest BCUT2D eigenvalue weighted by atomic mass is 19.1. The Morgan fingerprint density at radius 2 is 1.53 bits per heavy atom. The number of halogens is 2. The highest BCUT2D eigenvalue weighted by molar-refractivity contribution is 6.09. The largest absolute Gasteiger partial charge is 0.493 e. The van der Waals surface area contributed by atoms with E-state index in [0.717, 1.165) is 41.7 Å². The van der Waals surface area contributed by atoms with Crippen molar-refractivity contribution < 1.29 is 27.8 Å². The number of nitrogens with zero attached hydrogens (tertiary/aromatic N) is 2. The average molecular weight is 519 g/mol. The summed E-state index contributed by atoms with van der Waals surface area (Å²) in [6.45, 7) is 0. The summed E-state index contributed by atoms with van der Waals surface area (Å²) in [5.41, 5.74) is 3.78. The normalized spacial score (nSPS) is 19.7. The Bertz CT molecular complexity index is 1380. The number of ether oxygens (including phenoxy) is 3. The lowest BCUT2D eigenvalue weighted by Gasteiger charge is -2.30. The summed E-state index contributed by atoms with van der Waals surface area (Å²) >= 11 is 0. The molecule has 6 nitrogen and oxygen atoms in total. The van der Waals surface area contributed by atoms with Gasteiger partial charge in [-0.15, -0.1) is 0 Å². The van der Waals surface area contributed by atoms with Crippen molar-refractivity contribution in [2.24, 2.45) is 11.0 Å². The zero-order valence-corrected chi connectivity index (χ0v) is 21.4. The van der Waals surface area contributed by atoms with Crippen molar-refractivity contribution in [2.45, 2.75) is 25.3 Å². The third-order valence-electron chi connectivity index (χ3n) is 7.04. The van der Waals surface area contributed by atoms with E-state index >= 15 is 0 Å². The molecule has 0 aromatic heterocycles. The summed E-state index contributed by atoms with van der Waals surface area (Å²) in [5, 5.41) is 6.35. The Morgan fingerprint density at radius 1 is 0.921 bits per heavy atom. The van der Waals surface area contributed by atoms with Crippen LogP contribution in [0.15, 0.2) is 71.3 Å². The van der Waals surface area contributed by atoms with Crippen molar-refractivity contribution in [2.75, 3.05) is 21.3 Å². The molecule has 1 saturated carbocycles. The van der Waals surface area contributed by atoms with Gasteiger partial charge in [-0.2, -0.15) is 5.10 Å². The molecule has 1 heterocycles. The third kappa shape index (κ3) is 4.74. The molecule has 0 saturated heterocycles. The lowest BCUT2D eigenvalue weighted by atomic mass is 9.77. The zero-order valence-electron chi connectivity index (χ0n) is 21.4. The quantitative estimate of drug-likeness (QED) is 0.378. The van der Waals surface area contributed by atoms with Gasteiger partial charge in [-0.05, 0) is 78.4 Å². The number of rotatable bonds is 6. The number of hydrogen-bond donors (Lipinski definition) is 0. The van der Waals surface area contributed by atoms with Crippen molar-refractivity contribution in [3.8, 4) is 17.2 Å². The number of carbonyl (C=O) groups excluding carboxylic acids is 1. The number of allylic oxidation sites excluding steroid dienone is 1. The van der Waals surface area contributed by atoms with Crippen LogP contribution in [-0.2, 0) is 0 Å². The number of methoxy groups -OCH3 is 3. The molecule has 0 bridgehead atoms. The summed E-state index contributed by atoms with van der Waals surface area (Å²) in [7, 11) is 4.48. The number of carbonyl (C=O) groups is 1. The summed E-state index contributed by atoms with van der Waals surface area (Å²) < 4.78 is 43.6. The van der Waals surface area contributed by atoms with Crippen LogP contribution in [0.5, 0.6) is 17.2 Å². The summed E-state index contributed by atoms with van der Waals surface area (Å²) in [4.78, 5) is 14.0. The Kier molecular flexibility index (Phi) is 7.13. The Labute approximate surface area is 220 Å². The molecule has 1 fully saturated rings. The number of benzene rings is 3. The first-order valence-electron chi connectivity index (χ1n) is 12.4. The second-order valence-corrected chi connectivity index (χ2v) is 9.27. The molecule has 0 spiro atoms. The third-order valence-corrected chi connectivity index (χ3v) is 7.04. The van der Waals surface area contributed by atoms with Crippen LogP contribution < -0.4 is 14.2 Å². The molecule has 0 radical (unpaired) electrons. The van der Waals surface area contributed by atoms with E-state index in [1.807, 2.05) is 6.08 Å². The van der Waals surface area contributed by atoms with Crippen molar-refractivity contribution in [1.82, 2.24) is 5.01 Å². The van der Waals surface area contributed by atoms with Gasteiger partial charge in [-0.3, -0.25) is 4.79 Å². The maximum absolute atomic E-state index is 14.0. The van der Waals surface area contributed by atoms with Gasteiger partial charge in [-0.1, -0.05) is 24.3 Å². The fourth-order valence-corrected chi connectivity index (χ4v) is 5.26. The van der Waals surface area contributed by atoms with Gasteiger partial charge < -0.3 is 14.2 Å². The van der Waals surface area contributed by atoms with Gasteiger partial charge in [-0.25, -0.2) is 13.8 Å². The van der Waals surface area contributed by atoms with Crippen molar-refractivity contribution >= 4 is 17.7 Å². The van der Waals surface area contributed by atoms with Gasteiger partial charge in [0.25, 0.3) is 5.91 Å². The minimum absolute atomic E-state index is 0.0769. The van der Waals surface area contributed by atoms with E-state index in [2.05, 4.69) is 0 Å². The number of amides is 1. The molecule has 1 amide bonds. The Hall–Kier alpha value is -4.20. The number of fused-ring (bicyclic) bond motifs is 1. The second kappa shape index (κ2) is 10.7. The van der Waals surface area contributed by atoms with Gasteiger partial charge in [0.05, 0.1) is 33.1 Å². The molecular weight excluding hydrogens is 490 g/mol. The van der Waals surface area contributed by atoms with Crippen LogP contribution >= 0.6 is 0 Å². The first-order chi connectivity index (χ1) is 18.4. The maximum atomic E-state index is 14.0. The van der Waals surface area contributed by atoms with Crippen molar-refractivity contribution in [3.05, 3.63) is 94.6 Å². The average Bonchev–Trinajstić information content (AvgIpc) is 3.34. The molecule has 0 N–H and O–H groups in total. The van der Waals surface area contributed by atoms with Crippen LogP contribution in [0, 0.1) is 17.6 Å². The molecule has 196 valence electrons. The predicted octanol–water partition coefficient (Wildman–Crippen LogP) is 6.43. The topological polar surface area (TPSA) is 60.4 Å². The van der Waals surface area contributed by atoms with Gasteiger partial charge in [0, 0.05) is 11.5 Å². The van der Waals surface area contributed by atoms with Crippen LogP contribution in [0.4, 0.5) is 8.78 Å². The molecule has 1 aliphatic carbocycles. The number of hydrogen-bond acceptors (Lipinski definition) is 5. The fourth-order valence-electron chi connectivity index (χ4n) is 5.26. The van der Waals surface area contributed by atoms with Gasteiger partial charge in [0.1, 0.15) is 11.6 Å².